The van der Waals surface area contributed by atoms with Crippen LogP contribution in [0.3, 0.4) is 0 Å². The number of amides is 1. The zero-order valence-electron chi connectivity index (χ0n) is 19.1. The topological polar surface area (TPSA) is 44.4 Å². The molecule has 1 heterocycles. The van der Waals surface area contributed by atoms with Gasteiger partial charge >= 0.3 is 0 Å². The van der Waals surface area contributed by atoms with E-state index in [2.05, 4.69) is 51.9 Å². The lowest BCUT2D eigenvalue weighted by atomic mass is 10.0. The highest BCUT2D eigenvalue weighted by Crippen LogP contribution is 2.23. The molecule has 1 amide bonds. The van der Waals surface area contributed by atoms with Crippen molar-refractivity contribution in [3.05, 3.63) is 107 Å². The van der Waals surface area contributed by atoms with E-state index in [1.165, 1.54) is 16.3 Å². The number of nitrogens with one attached hydrogen (secondary N) is 2. The van der Waals surface area contributed by atoms with Gasteiger partial charge in [0, 0.05) is 49.9 Å². The van der Waals surface area contributed by atoms with Crippen LogP contribution in [0.15, 0.2) is 84.9 Å². The third kappa shape index (κ3) is 5.31. The number of rotatable bonds is 6. The second-order valence-corrected chi connectivity index (χ2v) is 9.20. The molecule has 34 heavy (non-hydrogen) atoms. The summed E-state index contributed by atoms with van der Waals surface area (Å²) in [4.78, 5) is 15.3. The van der Waals surface area contributed by atoms with Crippen molar-refractivity contribution in [1.82, 2.24) is 15.5 Å². The van der Waals surface area contributed by atoms with E-state index in [4.69, 9.17) is 11.6 Å². The van der Waals surface area contributed by atoms with Gasteiger partial charge in [0.1, 0.15) is 0 Å². The molecule has 0 aliphatic carbocycles. The first-order chi connectivity index (χ1) is 16.7. The van der Waals surface area contributed by atoms with Crippen LogP contribution in [0.1, 0.15) is 21.5 Å². The van der Waals surface area contributed by atoms with Crippen molar-refractivity contribution in [1.29, 1.82) is 0 Å². The molecule has 5 heteroatoms. The molecule has 1 saturated heterocycles. The van der Waals surface area contributed by atoms with Crippen LogP contribution >= 0.6 is 11.6 Å². The molecule has 2 N–H and O–H groups in total. The Kier molecular flexibility index (Phi) is 6.91. The minimum absolute atomic E-state index is 0.0741. The van der Waals surface area contributed by atoms with E-state index >= 15 is 0 Å². The average molecular weight is 470 g/mol. The zero-order valence-corrected chi connectivity index (χ0v) is 19.8. The van der Waals surface area contributed by atoms with E-state index in [1.54, 1.807) is 0 Å². The number of piperazine rings is 1. The normalized spacial score (nSPS) is 14.3. The third-order valence-electron chi connectivity index (χ3n) is 6.41. The van der Waals surface area contributed by atoms with Gasteiger partial charge in [-0.1, -0.05) is 66.2 Å². The molecule has 4 aromatic rings. The fraction of sp³-hybridized carbons (Fsp3) is 0.207. The van der Waals surface area contributed by atoms with E-state index < -0.39 is 0 Å². The van der Waals surface area contributed by atoms with Crippen LogP contribution in [0, 0.1) is 0 Å². The highest BCUT2D eigenvalue weighted by atomic mass is 35.5. The van der Waals surface area contributed by atoms with Crippen molar-refractivity contribution in [3.63, 3.8) is 0 Å². The number of fused-ring (bicyclic) bond motifs is 1. The number of hydrogen-bond acceptors (Lipinski definition) is 3. The Balaban J connectivity index is 1.25. The van der Waals surface area contributed by atoms with E-state index in [0.717, 1.165) is 49.4 Å². The summed E-state index contributed by atoms with van der Waals surface area (Å²) in [6.45, 7) is 5.76. The first-order valence-corrected chi connectivity index (χ1v) is 12.1. The monoisotopic (exact) mass is 469 g/mol. The lowest BCUT2D eigenvalue weighted by Crippen LogP contribution is -2.42. The summed E-state index contributed by atoms with van der Waals surface area (Å²) < 4.78 is 0. The average Bonchev–Trinajstić information content (AvgIpc) is 2.88. The Morgan fingerprint density at radius 2 is 1.59 bits per heavy atom. The molecule has 1 fully saturated rings. The van der Waals surface area contributed by atoms with Crippen molar-refractivity contribution in [3.8, 4) is 11.1 Å². The first-order valence-electron chi connectivity index (χ1n) is 11.7. The van der Waals surface area contributed by atoms with Gasteiger partial charge in [0.2, 0.25) is 0 Å². The van der Waals surface area contributed by atoms with Gasteiger partial charge in [-0.25, -0.2) is 0 Å². The van der Waals surface area contributed by atoms with Gasteiger partial charge in [0.25, 0.3) is 5.91 Å². The Hall–Kier alpha value is -3.18. The number of carbonyl (C=O) groups is 1. The highest BCUT2D eigenvalue weighted by molar-refractivity contribution is 6.30. The number of hydrogen-bond donors (Lipinski definition) is 2. The van der Waals surface area contributed by atoms with Crippen LogP contribution in [-0.2, 0) is 13.1 Å². The highest BCUT2D eigenvalue weighted by Gasteiger charge is 2.11. The van der Waals surface area contributed by atoms with Crippen molar-refractivity contribution in [2.24, 2.45) is 0 Å². The molecular weight excluding hydrogens is 442 g/mol. The van der Waals surface area contributed by atoms with E-state index in [1.807, 2.05) is 48.5 Å². The number of halogens is 1. The molecule has 0 spiro atoms. The first kappa shape index (κ1) is 22.6. The van der Waals surface area contributed by atoms with Gasteiger partial charge in [-0.3, -0.25) is 9.69 Å². The molecule has 1 aliphatic rings. The predicted octanol–water partition coefficient (Wildman–Crippen LogP) is 5.50. The maximum atomic E-state index is 12.8. The molecule has 4 aromatic carbocycles. The third-order valence-corrected chi connectivity index (χ3v) is 6.67. The Labute approximate surface area is 205 Å². The van der Waals surface area contributed by atoms with Crippen LogP contribution in [0.25, 0.3) is 21.9 Å². The molecule has 172 valence electrons. The number of benzene rings is 4. The van der Waals surface area contributed by atoms with Crippen LogP contribution < -0.4 is 10.6 Å². The smallest absolute Gasteiger partial charge is 0.251 e. The molecular formula is C29H28ClN3O. The van der Waals surface area contributed by atoms with Gasteiger partial charge < -0.3 is 10.6 Å². The fourth-order valence-electron chi connectivity index (χ4n) is 4.51. The van der Waals surface area contributed by atoms with Gasteiger partial charge in [-0.2, -0.15) is 0 Å². The van der Waals surface area contributed by atoms with Crippen LogP contribution in [0.2, 0.25) is 5.02 Å². The quantitative estimate of drug-likeness (QED) is 0.392. The fourth-order valence-corrected chi connectivity index (χ4v) is 4.64. The summed E-state index contributed by atoms with van der Waals surface area (Å²) in [6, 6.07) is 28.4. The van der Waals surface area contributed by atoms with Crippen molar-refractivity contribution in [2.45, 2.75) is 13.1 Å². The predicted molar refractivity (Wildman–Crippen MR) is 140 cm³/mol. The van der Waals surface area contributed by atoms with Gasteiger partial charge in [-0.15, -0.1) is 0 Å². The zero-order chi connectivity index (χ0) is 23.3. The van der Waals surface area contributed by atoms with E-state index in [0.29, 0.717) is 17.1 Å². The second kappa shape index (κ2) is 10.4. The summed E-state index contributed by atoms with van der Waals surface area (Å²) in [5.74, 6) is -0.0741. The summed E-state index contributed by atoms with van der Waals surface area (Å²) in [5.41, 5.74) is 5.23. The molecule has 5 rings (SSSR count). The Morgan fingerprint density at radius 3 is 2.32 bits per heavy atom. The Morgan fingerprint density at radius 1 is 0.882 bits per heavy atom. The summed E-state index contributed by atoms with van der Waals surface area (Å²) in [7, 11) is 0. The SMILES string of the molecule is O=C(NCc1cccc2cc(CN3CCNCC3)ccc12)c1ccc(-c2ccc(Cl)cc2)cc1. The summed E-state index contributed by atoms with van der Waals surface area (Å²) >= 11 is 5.98. The molecule has 0 atom stereocenters. The van der Waals surface area contributed by atoms with Crippen molar-refractivity contribution >= 4 is 28.3 Å². The molecule has 0 saturated carbocycles. The van der Waals surface area contributed by atoms with Crippen LogP contribution in [0.5, 0.6) is 0 Å². The molecule has 0 aromatic heterocycles. The molecule has 0 radical (unpaired) electrons. The van der Waals surface area contributed by atoms with Gasteiger partial charge in [0.05, 0.1) is 0 Å². The summed E-state index contributed by atoms with van der Waals surface area (Å²) in [6.07, 6.45) is 0. The van der Waals surface area contributed by atoms with Gasteiger partial charge in [-0.05, 0) is 63.4 Å². The Bertz CT molecular complexity index is 1280. The lowest BCUT2D eigenvalue weighted by molar-refractivity contribution is 0.0951. The standard InChI is InChI=1S/C29H28ClN3O/c30-27-11-9-23(10-12-27)22-5-7-24(8-6-22)29(34)32-19-26-3-1-2-25-18-21(4-13-28(25)26)20-33-16-14-31-15-17-33/h1-13,18,31H,14-17,19-20H2,(H,32,34). The van der Waals surface area contributed by atoms with Crippen molar-refractivity contribution < 1.29 is 4.79 Å². The minimum Gasteiger partial charge on any atom is -0.348 e. The van der Waals surface area contributed by atoms with Gasteiger partial charge in [0.15, 0.2) is 0 Å². The molecule has 1 aliphatic heterocycles. The van der Waals surface area contributed by atoms with E-state index in [-0.39, 0.29) is 5.91 Å². The maximum Gasteiger partial charge on any atom is 0.251 e. The molecule has 0 bridgehead atoms. The van der Waals surface area contributed by atoms with Crippen molar-refractivity contribution in [2.75, 3.05) is 26.2 Å². The van der Waals surface area contributed by atoms with Crippen LogP contribution in [-0.4, -0.2) is 37.0 Å². The molecule has 0 unspecified atom stereocenters. The number of nitrogens with zero attached hydrogens (tertiary/aromatic N) is 1. The second-order valence-electron chi connectivity index (χ2n) is 8.77. The lowest BCUT2D eigenvalue weighted by Gasteiger charge is -2.27. The summed E-state index contributed by atoms with van der Waals surface area (Å²) in [5, 5.41) is 9.60. The number of carbonyl (C=O) groups excluding carboxylic acids is 1. The minimum atomic E-state index is -0.0741. The van der Waals surface area contributed by atoms with Crippen LogP contribution in [0.4, 0.5) is 0 Å². The maximum absolute atomic E-state index is 12.8. The van der Waals surface area contributed by atoms with E-state index in [9.17, 15) is 4.79 Å². The largest absolute Gasteiger partial charge is 0.348 e. The molecule has 4 nitrogen and oxygen atoms in total.